The number of nitrogens with one attached hydrogen (secondary N) is 2. The minimum Gasteiger partial charge on any atom is -0.369 e. The zero-order valence-electron chi connectivity index (χ0n) is 15.9. The van der Waals surface area contributed by atoms with Crippen molar-refractivity contribution < 1.29 is 4.79 Å². The van der Waals surface area contributed by atoms with Crippen LogP contribution < -0.4 is 16.4 Å². The highest BCUT2D eigenvalue weighted by atomic mass is 16.1. The lowest BCUT2D eigenvalue weighted by molar-refractivity contribution is -0.122. The van der Waals surface area contributed by atoms with Crippen LogP contribution >= 0.6 is 0 Å². The fourth-order valence-corrected chi connectivity index (χ4v) is 3.49. The Hall–Kier alpha value is -2.37. The van der Waals surface area contributed by atoms with Gasteiger partial charge in [0.15, 0.2) is 0 Å². The van der Waals surface area contributed by atoms with Crippen molar-refractivity contribution in [1.82, 2.24) is 9.97 Å². The van der Waals surface area contributed by atoms with Crippen LogP contribution in [0, 0.1) is 11.8 Å². The molecule has 1 saturated carbocycles. The van der Waals surface area contributed by atoms with Crippen LogP contribution in [0.2, 0.25) is 0 Å². The van der Waals surface area contributed by atoms with Gasteiger partial charge in [-0.25, -0.2) is 4.98 Å². The minimum absolute atomic E-state index is 0.0470. The molecule has 0 radical (unpaired) electrons. The van der Waals surface area contributed by atoms with Gasteiger partial charge in [-0.05, 0) is 64.5 Å². The lowest BCUT2D eigenvalue weighted by atomic mass is 9.82. The summed E-state index contributed by atoms with van der Waals surface area (Å²) in [6.07, 6.45) is 3.80. The van der Waals surface area contributed by atoms with E-state index in [2.05, 4.69) is 36.4 Å². The van der Waals surface area contributed by atoms with Crippen molar-refractivity contribution in [3.63, 3.8) is 0 Å². The van der Waals surface area contributed by atoms with Gasteiger partial charge in [0.05, 0.1) is 5.52 Å². The van der Waals surface area contributed by atoms with Crippen molar-refractivity contribution >= 4 is 28.6 Å². The second kappa shape index (κ2) is 7.48. The molecule has 3 rings (SSSR count). The van der Waals surface area contributed by atoms with Gasteiger partial charge >= 0.3 is 0 Å². The zero-order chi connectivity index (χ0) is 18.7. The first-order valence-corrected chi connectivity index (χ1v) is 9.40. The molecule has 140 valence electrons. The van der Waals surface area contributed by atoms with Crippen molar-refractivity contribution in [3.05, 3.63) is 24.3 Å². The number of nitrogens with two attached hydrogens (primary N) is 1. The average molecular weight is 355 g/mol. The third-order valence-corrected chi connectivity index (χ3v) is 4.89. The predicted octanol–water partition coefficient (Wildman–Crippen LogP) is 3.54. The molecule has 26 heavy (non-hydrogen) atoms. The van der Waals surface area contributed by atoms with E-state index < -0.39 is 0 Å². The Morgan fingerprint density at radius 2 is 1.85 bits per heavy atom. The summed E-state index contributed by atoms with van der Waals surface area (Å²) in [5.41, 5.74) is 6.26. The van der Waals surface area contributed by atoms with E-state index >= 15 is 0 Å². The van der Waals surface area contributed by atoms with Gasteiger partial charge in [0, 0.05) is 23.4 Å². The molecular weight excluding hydrogens is 326 g/mol. The molecule has 6 heteroatoms. The number of nitrogens with zero attached hydrogens (tertiary/aromatic N) is 2. The number of benzene rings is 1. The number of hydrogen-bond acceptors (Lipinski definition) is 5. The monoisotopic (exact) mass is 355 g/mol. The molecule has 0 atom stereocenters. The normalized spacial score (nSPS) is 20.7. The number of amides is 1. The van der Waals surface area contributed by atoms with Crippen LogP contribution in [-0.2, 0) is 4.79 Å². The number of hydrogen-bond donors (Lipinski definition) is 3. The maximum Gasteiger partial charge on any atom is 0.225 e. The van der Waals surface area contributed by atoms with Gasteiger partial charge in [0.1, 0.15) is 5.82 Å². The second-order valence-electron chi connectivity index (χ2n) is 8.29. The van der Waals surface area contributed by atoms with Gasteiger partial charge in [-0.15, -0.1) is 0 Å². The summed E-state index contributed by atoms with van der Waals surface area (Å²) >= 11 is 0. The van der Waals surface area contributed by atoms with Crippen LogP contribution in [0.5, 0.6) is 0 Å². The number of primary amides is 1. The number of anilines is 2. The number of rotatable bonds is 5. The molecule has 0 saturated heterocycles. The molecule has 1 amide bonds. The van der Waals surface area contributed by atoms with Gasteiger partial charge in [-0.2, -0.15) is 4.98 Å². The maximum atomic E-state index is 11.3. The number of aromatic nitrogens is 2. The first-order valence-electron chi connectivity index (χ1n) is 9.40. The van der Waals surface area contributed by atoms with Crippen molar-refractivity contribution in [2.24, 2.45) is 17.6 Å². The highest BCUT2D eigenvalue weighted by molar-refractivity contribution is 5.90. The molecule has 1 aliphatic rings. The van der Waals surface area contributed by atoms with Crippen LogP contribution in [0.1, 0.15) is 46.5 Å². The summed E-state index contributed by atoms with van der Waals surface area (Å²) in [6, 6.07) is 8.04. The van der Waals surface area contributed by atoms with Crippen molar-refractivity contribution in [2.75, 3.05) is 17.2 Å². The molecule has 1 fully saturated rings. The molecule has 0 aliphatic heterocycles. The van der Waals surface area contributed by atoms with E-state index in [1.165, 1.54) is 0 Å². The predicted molar refractivity (Wildman–Crippen MR) is 106 cm³/mol. The number of para-hydroxylation sites is 1. The van der Waals surface area contributed by atoms with Crippen LogP contribution in [-0.4, -0.2) is 28.0 Å². The Morgan fingerprint density at radius 1 is 1.15 bits per heavy atom. The third kappa shape index (κ3) is 4.62. The summed E-state index contributed by atoms with van der Waals surface area (Å²) in [7, 11) is 0. The summed E-state index contributed by atoms with van der Waals surface area (Å²) in [4.78, 5) is 20.7. The van der Waals surface area contributed by atoms with Gasteiger partial charge in [-0.3, -0.25) is 4.79 Å². The average Bonchev–Trinajstić information content (AvgIpc) is 2.59. The highest BCUT2D eigenvalue weighted by Crippen LogP contribution is 2.29. The quantitative estimate of drug-likeness (QED) is 0.763. The standard InChI is InChI=1S/C20H29N5O/c1-20(2,3)25-18-15-6-4-5-7-16(15)23-19(24-18)22-12-13-8-10-14(11-9-13)17(21)26/h4-7,13-14H,8-12H2,1-3H3,(H2,21,26)(H2,22,23,24,25). The van der Waals surface area contributed by atoms with E-state index in [0.29, 0.717) is 11.9 Å². The van der Waals surface area contributed by atoms with E-state index in [4.69, 9.17) is 10.7 Å². The van der Waals surface area contributed by atoms with Gasteiger partial charge < -0.3 is 16.4 Å². The van der Waals surface area contributed by atoms with E-state index in [-0.39, 0.29) is 17.4 Å². The van der Waals surface area contributed by atoms with Crippen LogP contribution in [0.25, 0.3) is 10.9 Å². The first kappa shape index (κ1) is 18.4. The molecule has 2 aromatic rings. The lowest BCUT2D eigenvalue weighted by Gasteiger charge is -2.27. The molecule has 0 unspecified atom stereocenters. The zero-order valence-corrected chi connectivity index (χ0v) is 15.9. The minimum atomic E-state index is -0.160. The summed E-state index contributed by atoms with van der Waals surface area (Å²) in [5.74, 6) is 1.91. The molecule has 0 spiro atoms. The molecule has 1 aliphatic carbocycles. The van der Waals surface area contributed by atoms with Gasteiger partial charge in [0.2, 0.25) is 11.9 Å². The smallest absolute Gasteiger partial charge is 0.225 e. The lowest BCUT2D eigenvalue weighted by Crippen LogP contribution is -2.30. The van der Waals surface area contributed by atoms with Crippen LogP contribution in [0.3, 0.4) is 0 Å². The second-order valence-corrected chi connectivity index (χ2v) is 8.29. The van der Waals surface area contributed by atoms with Gasteiger partial charge in [0.25, 0.3) is 0 Å². The van der Waals surface area contributed by atoms with Gasteiger partial charge in [-0.1, -0.05) is 12.1 Å². The number of carbonyl (C=O) groups excluding carboxylic acids is 1. The molecule has 1 aromatic carbocycles. The Labute approximate surface area is 155 Å². The SMILES string of the molecule is CC(C)(C)Nc1nc(NCC2CCC(C(N)=O)CC2)nc2ccccc12. The van der Waals surface area contributed by atoms with E-state index in [0.717, 1.165) is 48.9 Å². The largest absolute Gasteiger partial charge is 0.369 e. The van der Waals surface area contributed by atoms with Crippen molar-refractivity contribution in [1.29, 1.82) is 0 Å². The molecule has 0 bridgehead atoms. The Bertz CT molecular complexity index is 775. The third-order valence-electron chi connectivity index (χ3n) is 4.89. The number of carbonyl (C=O) groups is 1. The fourth-order valence-electron chi connectivity index (χ4n) is 3.49. The highest BCUT2D eigenvalue weighted by Gasteiger charge is 2.24. The summed E-state index contributed by atoms with van der Waals surface area (Å²) < 4.78 is 0. The first-order chi connectivity index (χ1) is 12.3. The van der Waals surface area contributed by atoms with Crippen molar-refractivity contribution in [3.8, 4) is 0 Å². The summed E-state index contributed by atoms with van der Waals surface area (Å²) in [5, 5.41) is 7.90. The van der Waals surface area contributed by atoms with Crippen LogP contribution in [0.4, 0.5) is 11.8 Å². The van der Waals surface area contributed by atoms with Crippen molar-refractivity contribution in [2.45, 2.75) is 52.0 Å². The topological polar surface area (TPSA) is 92.9 Å². The van der Waals surface area contributed by atoms with E-state index in [9.17, 15) is 4.79 Å². The molecule has 1 heterocycles. The van der Waals surface area contributed by atoms with E-state index in [1.54, 1.807) is 0 Å². The maximum absolute atomic E-state index is 11.3. The fraction of sp³-hybridized carbons (Fsp3) is 0.550. The molecular formula is C20H29N5O. The number of fused-ring (bicyclic) bond motifs is 1. The van der Waals surface area contributed by atoms with Crippen LogP contribution in [0.15, 0.2) is 24.3 Å². The molecule has 1 aromatic heterocycles. The summed E-state index contributed by atoms with van der Waals surface area (Å²) in [6.45, 7) is 7.18. The van der Waals surface area contributed by atoms with E-state index in [1.807, 2.05) is 24.3 Å². The Balaban J connectivity index is 1.71. The Kier molecular flexibility index (Phi) is 5.30. The Morgan fingerprint density at radius 3 is 2.50 bits per heavy atom. The molecule has 4 N–H and O–H groups in total. The molecule has 6 nitrogen and oxygen atoms in total.